The number of allylic oxidation sites excluding steroid dienone is 1. The first-order valence-electron chi connectivity index (χ1n) is 7.66. The smallest absolute Gasteiger partial charge is 0.0595 e. The molecule has 1 aromatic carbocycles. The lowest BCUT2D eigenvalue weighted by molar-refractivity contribution is 0.379. The first-order valence-corrected chi connectivity index (χ1v) is 8.42. The van der Waals surface area contributed by atoms with Gasteiger partial charge < -0.3 is 4.90 Å². The summed E-state index contributed by atoms with van der Waals surface area (Å²) in [5.74, 6) is 1.03. The number of rotatable bonds is 8. The second kappa shape index (κ2) is 8.70. The van der Waals surface area contributed by atoms with E-state index in [1.54, 1.807) is 0 Å². The standard InChI is InChI=1S/C18H27Cl2N/c1-6-7-8-13(2)16(11-14(3)21(4)5)15-9-10-17(19)18(20)12-15/h9-10,12-13,16H,3,6-8,11H2,1-2,4-5H3. The van der Waals surface area contributed by atoms with E-state index < -0.39 is 0 Å². The number of halogens is 2. The van der Waals surface area contributed by atoms with Gasteiger partial charge in [-0.3, -0.25) is 0 Å². The lowest BCUT2D eigenvalue weighted by Crippen LogP contribution is -2.17. The van der Waals surface area contributed by atoms with Crippen LogP contribution in [0.2, 0.25) is 10.0 Å². The SMILES string of the molecule is C=C(CC(c1ccc(Cl)c(Cl)c1)C(C)CCCC)N(C)C. The zero-order valence-electron chi connectivity index (χ0n) is 13.6. The third kappa shape index (κ3) is 5.56. The van der Waals surface area contributed by atoms with E-state index in [1.807, 2.05) is 26.2 Å². The normalized spacial score (nSPS) is 13.8. The lowest BCUT2D eigenvalue weighted by Gasteiger charge is -2.28. The Kier molecular flexibility index (Phi) is 7.62. The summed E-state index contributed by atoms with van der Waals surface area (Å²) in [6, 6.07) is 6.02. The lowest BCUT2D eigenvalue weighted by atomic mass is 9.81. The molecule has 0 fully saturated rings. The number of nitrogens with zero attached hydrogens (tertiary/aromatic N) is 1. The van der Waals surface area contributed by atoms with Gasteiger partial charge in [0.25, 0.3) is 0 Å². The van der Waals surface area contributed by atoms with Gasteiger partial charge in [0.15, 0.2) is 0 Å². The highest BCUT2D eigenvalue weighted by atomic mass is 35.5. The van der Waals surface area contributed by atoms with Gasteiger partial charge in [-0.1, -0.05) is 69.0 Å². The van der Waals surface area contributed by atoms with Crippen molar-refractivity contribution in [2.24, 2.45) is 5.92 Å². The summed E-state index contributed by atoms with van der Waals surface area (Å²) in [4.78, 5) is 2.09. The Morgan fingerprint density at radius 2 is 1.90 bits per heavy atom. The fourth-order valence-corrected chi connectivity index (χ4v) is 2.86. The third-order valence-corrected chi connectivity index (χ3v) is 4.90. The summed E-state index contributed by atoms with van der Waals surface area (Å²) in [6.07, 6.45) is 4.67. The molecule has 0 aliphatic heterocycles. The second-order valence-electron chi connectivity index (χ2n) is 6.06. The molecule has 0 aliphatic rings. The first kappa shape index (κ1) is 18.4. The van der Waals surface area contributed by atoms with Crippen molar-refractivity contribution in [3.05, 3.63) is 46.1 Å². The molecule has 2 unspecified atom stereocenters. The molecule has 21 heavy (non-hydrogen) atoms. The van der Waals surface area contributed by atoms with Crippen molar-refractivity contribution in [3.8, 4) is 0 Å². The summed E-state index contributed by atoms with van der Waals surface area (Å²) in [7, 11) is 4.09. The molecule has 1 nitrogen and oxygen atoms in total. The van der Waals surface area contributed by atoms with E-state index in [1.165, 1.54) is 24.8 Å². The zero-order chi connectivity index (χ0) is 16.0. The van der Waals surface area contributed by atoms with Gasteiger partial charge >= 0.3 is 0 Å². The molecule has 0 aromatic heterocycles. The third-order valence-electron chi connectivity index (χ3n) is 4.16. The van der Waals surface area contributed by atoms with Gasteiger partial charge in [0.05, 0.1) is 10.0 Å². The number of benzene rings is 1. The molecule has 0 aliphatic carbocycles. The maximum absolute atomic E-state index is 6.20. The summed E-state index contributed by atoms with van der Waals surface area (Å²) in [5.41, 5.74) is 2.41. The molecular formula is C18H27Cl2N. The number of hydrogen-bond donors (Lipinski definition) is 0. The molecule has 0 saturated carbocycles. The van der Waals surface area contributed by atoms with Gasteiger partial charge in [-0.15, -0.1) is 0 Å². The average Bonchev–Trinajstić information content (AvgIpc) is 2.44. The van der Waals surface area contributed by atoms with Crippen LogP contribution in [0.25, 0.3) is 0 Å². The van der Waals surface area contributed by atoms with Crippen LogP contribution in [0.5, 0.6) is 0 Å². The van der Waals surface area contributed by atoms with Crippen LogP contribution in [0.4, 0.5) is 0 Å². The van der Waals surface area contributed by atoms with E-state index in [0.29, 0.717) is 21.9 Å². The minimum atomic E-state index is 0.432. The van der Waals surface area contributed by atoms with Crippen molar-refractivity contribution in [2.45, 2.75) is 45.4 Å². The minimum Gasteiger partial charge on any atom is -0.381 e. The Hall–Kier alpha value is -0.660. The van der Waals surface area contributed by atoms with Crippen LogP contribution in [0.1, 0.15) is 51.0 Å². The van der Waals surface area contributed by atoms with Crippen LogP contribution in [0, 0.1) is 5.92 Å². The molecule has 118 valence electrons. The van der Waals surface area contributed by atoms with E-state index in [0.717, 1.165) is 12.1 Å². The molecule has 1 aromatic rings. The number of unbranched alkanes of at least 4 members (excludes halogenated alkanes) is 1. The van der Waals surface area contributed by atoms with Crippen LogP contribution >= 0.6 is 23.2 Å². The van der Waals surface area contributed by atoms with Gasteiger partial charge in [0, 0.05) is 19.8 Å². The molecule has 1 rings (SSSR count). The summed E-state index contributed by atoms with van der Waals surface area (Å²) < 4.78 is 0. The summed E-state index contributed by atoms with van der Waals surface area (Å²) >= 11 is 12.2. The monoisotopic (exact) mass is 327 g/mol. The minimum absolute atomic E-state index is 0.432. The molecule has 0 saturated heterocycles. The highest BCUT2D eigenvalue weighted by Gasteiger charge is 2.21. The molecule has 3 heteroatoms. The van der Waals surface area contributed by atoms with Crippen molar-refractivity contribution in [1.82, 2.24) is 4.90 Å². The van der Waals surface area contributed by atoms with E-state index in [2.05, 4.69) is 31.4 Å². The van der Waals surface area contributed by atoms with Crippen molar-refractivity contribution in [2.75, 3.05) is 14.1 Å². The highest BCUT2D eigenvalue weighted by molar-refractivity contribution is 6.42. The fourth-order valence-electron chi connectivity index (χ4n) is 2.55. The molecule has 0 radical (unpaired) electrons. The van der Waals surface area contributed by atoms with Crippen molar-refractivity contribution in [1.29, 1.82) is 0 Å². The largest absolute Gasteiger partial charge is 0.381 e. The molecule has 2 atom stereocenters. The maximum Gasteiger partial charge on any atom is 0.0595 e. The molecule has 0 spiro atoms. The molecule has 0 N–H and O–H groups in total. The van der Waals surface area contributed by atoms with Gasteiger partial charge in [0.2, 0.25) is 0 Å². The van der Waals surface area contributed by atoms with E-state index in [9.17, 15) is 0 Å². The molecule has 0 amide bonds. The Morgan fingerprint density at radius 3 is 2.43 bits per heavy atom. The van der Waals surface area contributed by atoms with Gasteiger partial charge in [0.1, 0.15) is 0 Å². The molecular weight excluding hydrogens is 301 g/mol. The summed E-state index contributed by atoms with van der Waals surface area (Å²) in [5, 5.41) is 1.25. The van der Waals surface area contributed by atoms with Gasteiger partial charge in [-0.25, -0.2) is 0 Å². The van der Waals surface area contributed by atoms with Gasteiger partial charge in [-0.05, 0) is 36.0 Å². The van der Waals surface area contributed by atoms with Crippen molar-refractivity contribution >= 4 is 23.2 Å². The fraction of sp³-hybridized carbons (Fsp3) is 0.556. The van der Waals surface area contributed by atoms with E-state index in [4.69, 9.17) is 23.2 Å². The Balaban J connectivity index is 2.99. The predicted molar refractivity (Wildman–Crippen MR) is 95.3 cm³/mol. The zero-order valence-corrected chi connectivity index (χ0v) is 15.1. The van der Waals surface area contributed by atoms with E-state index >= 15 is 0 Å². The number of hydrogen-bond acceptors (Lipinski definition) is 1. The molecule has 0 heterocycles. The van der Waals surface area contributed by atoms with Crippen LogP contribution < -0.4 is 0 Å². The van der Waals surface area contributed by atoms with Crippen LogP contribution in [-0.4, -0.2) is 19.0 Å². The quantitative estimate of drug-likeness (QED) is 0.536. The van der Waals surface area contributed by atoms with Crippen molar-refractivity contribution < 1.29 is 0 Å². The van der Waals surface area contributed by atoms with Gasteiger partial charge in [-0.2, -0.15) is 0 Å². The average molecular weight is 328 g/mol. The second-order valence-corrected chi connectivity index (χ2v) is 6.88. The topological polar surface area (TPSA) is 3.24 Å². The van der Waals surface area contributed by atoms with Crippen LogP contribution in [0.15, 0.2) is 30.5 Å². The Morgan fingerprint density at radius 1 is 1.24 bits per heavy atom. The van der Waals surface area contributed by atoms with Crippen LogP contribution in [0.3, 0.4) is 0 Å². The molecule has 0 bridgehead atoms. The van der Waals surface area contributed by atoms with Crippen molar-refractivity contribution in [3.63, 3.8) is 0 Å². The predicted octanol–water partition coefficient (Wildman–Crippen LogP) is 6.37. The summed E-state index contributed by atoms with van der Waals surface area (Å²) in [6.45, 7) is 8.75. The highest BCUT2D eigenvalue weighted by Crippen LogP contribution is 2.36. The van der Waals surface area contributed by atoms with E-state index in [-0.39, 0.29) is 0 Å². The van der Waals surface area contributed by atoms with Crippen LogP contribution in [-0.2, 0) is 0 Å². The first-order chi connectivity index (χ1) is 9.86. The maximum atomic E-state index is 6.20. The Labute approximate surface area is 139 Å². The Bertz CT molecular complexity index is 468.